The Morgan fingerprint density at radius 1 is 0.880 bits per heavy atom. The molecule has 0 aliphatic heterocycles. The third-order valence-electron chi connectivity index (χ3n) is 4.88. The fourth-order valence-corrected chi connectivity index (χ4v) is 3.25. The molecule has 0 fully saturated rings. The van der Waals surface area contributed by atoms with Gasteiger partial charge in [0, 0.05) is 0 Å². The van der Waals surface area contributed by atoms with E-state index in [0.717, 1.165) is 0 Å². The maximum Gasteiger partial charge on any atom is 4.00 e. The van der Waals surface area contributed by atoms with Gasteiger partial charge in [-0.2, -0.15) is 17.2 Å². The monoisotopic (exact) mass is 540 g/mol. The van der Waals surface area contributed by atoms with E-state index in [-0.39, 0.29) is 65.6 Å². The number of allylic oxidation sites excluding steroid dienone is 4. The van der Waals surface area contributed by atoms with Crippen molar-refractivity contribution in [1.29, 1.82) is 0 Å². The van der Waals surface area contributed by atoms with Crippen molar-refractivity contribution in [2.45, 2.75) is 55.4 Å². The van der Waals surface area contributed by atoms with Crippen LogP contribution < -0.4 is 34.0 Å². The molecule has 0 unspecified atom stereocenters. The van der Waals surface area contributed by atoms with Crippen LogP contribution >= 0.6 is 0 Å². The van der Waals surface area contributed by atoms with E-state index in [1.165, 1.54) is 44.2 Å². The molecule has 1 aliphatic rings. The summed E-state index contributed by atoms with van der Waals surface area (Å²) in [6.45, 7) is 17.4. The van der Waals surface area contributed by atoms with E-state index >= 15 is 0 Å². The summed E-state index contributed by atoms with van der Waals surface area (Å²) in [6, 6.07) is 8.98. The fourth-order valence-electron chi connectivity index (χ4n) is 3.25. The number of hydrogen-bond donors (Lipinski definition) is 0. The number of aryl methyl sites for hydroxylation is 3. The zero-order valence-corrected chi connectivity index (χ0v) is 22.2. The van der Waals surface area contributed by atoms with Crippen molar-refractivity contribution >= 4 is 10.8 Å². The van der Waals surface area contributed by atoms with Crippen molar-refractivity contribution in [3.63, 3.8) is 0 Å². The molecule has 1 aliphatic carbocycles. The first-order chi connectivity index (χ1) is 10.1. The average Bonchev–Trinajstić information content (AvgIpc) is 2.84. The number of hydrogen-bond acceptors (Lipinski definition) is 0. The van der Waals surface area contributed by atoms with Crippen LogP contribution in [-0.4, -0.2) is 0 Å². The SMILES string of the molecule is CC1=[C-]C(C)(C)C(C)=C1C.Cc1cc(C)c2cc(C)[cH-]c2c1.[Br-].[Br-].[Zr+4]. The molecule has 0 amide bonds. The Hall–Kier alpha value is 0.153. The molecular formula is C22H28Br2Zr. The minimum Gasteiger partial charge on any atom is -1.00 e. The molecule has 2 aromatic rings. The van der Waals surface area contributed by atoms with Gasteiger partial charge in [-0.3, -0.25) is 6.08 Å². The third-order valence-corrected chi connectivity index (χ3v) is 4.88. The van der Waals surface area contributed by atoms with Crippen molar-refractivity contribution in [2.24, 2.45) is 5.41 Å². The van der Waals surface area contributed by atoms with Crippen LogP contribution in [0.4, 0.5) is 0 Å². The van der Waals surface area contributed by atoms with Gasteiger partial charge in [0.2, 0.25) is 0 Å². The smallest absolute Gasteiger partial charge is 1.00 e. The second-order valence-corrected chi connectivity index (χ2v) is 7.24. The van der Waals surface area contributed by atoms with Crippen molar-refractivity contribution in [3.8, 4) is 0 Å². The Morgan fingerprint density at radius 2 is 1.44 bits per heavy atom. The summed E-state index contributed by atoms with van der Waals surface area (Å²) in [5.41, 5.74) is 8.49. The molecule has 0 saturated heterocycles. The first-order valence-electron chi connectivity index (χ1n) is 8.06. The van der Waals surface area contributed by atoms with Gasteiger partial charge < -0.3 is 34.0 Å². The van der Waals surface area contributed by atoms with Crippen LogP contribution in [0, 0.1) is 32.3 Å². The summed E-state index contributed by atoms with van der Waals surface area (Å²) in [4.78, 5) is 0. The molecule has 0 aromatic heterocycles. The molecule has 2 aromatic carbocycles. The van der Waals surface area contributed by atoms with Gasteiger partial charge in [-0.25, -0.2) is 5.57 Å². The zero-order chi connectivity index (χ0) is 16.7. The Morgan fingerprint density at radius 3 is 1.84 bits per heavy atom. The number of benzene rings is 1. The van der Waals surface area contributed by atoms with Crippen molar-refractivity contribution in [3.05, 3.63) is 63.8 Å². The van der Waals surface area contributed by atoms with E-state index in [2.05, 4.69) is 85.7 Å². The molecule has 0 heterocycles. The second kappa shape index (κ2) is 10.5. The maximum atomic E-state index is 3.44. The Labute approximate surface area is 194 Å². The van der Waals surface area contributed by atoms with E-state index in [9.17, 15) is 0 Å². The van der Waals surface area contributed by atoms with Gasteiger partial charge in [-0.15, -0.1) is 35.4 Å². The third kappa shape index (κ3) is 6.37. The first-order valence-corrected chi connectivity index (χ1v) is 8.06. The fraction of sp³-hybridized carbons (Fsp3) is 0.409. The molecule has 0 N–H and O–H groups in total. The number of fused-ring (bicyclic) bond motifs is 1. The van der Waals surface area contributed by atoms with Gasteiger partial charge >= 0.3 is 26.2 Å². The van der Waals surface area contributed by atoms with E-state index in [1.54, 1.807) is 0 Å². The molecule has 0 radical (unpaired) electrons. The maximum absolute atomic E-state index is 3.44. The molecule has 0 nitrogen and oxygen atoms in total. The normalized spacial score (nSPS) is 14.6. The van der Waals surface area contributed by atoms with E-state index in [4.69, 9.17) is 0 Å². The van der Waals surface area contributed by atoms with Crippen LogP contribution in [0.1, 0.15) is 51.3 Å². The Bertz CT molecular complexity index is 777. The zero-order valence-electron chi connectivity index (χ0n) is 16.6. The van der Waals surface area contributed by atoms with Gasteiger partial charge in [0.05, 0.1) is 0 Å². The summed E-state index contributed by atoms with van der Waals surface area (Å²) < 4.78 is 0. The van der Waals surface area contributed by atoms with E-state index < -0.39 is 0 Å². The predicted octanol–water partition coefficient (Wildman–Crippen LogP) is 0.602. The van der Waals surface area contributed by atoms with Gasteiger partial charge in [-0.05, 0) is 13.8 Å². The number of rotatable bonds is 0. The number of halogens is 2. The summed E-state index contributed by atoms with van der Waals surface area (Å²) in [5, 5.41) is 2.78. The van der Waals surface area contributed by atoms with Gasteiger partial charge in [0.1, 0.15) is 0 Å². The second-order valence-electron chi connectivity index (χ2n) is 7.24. The van der Waals surface area contributed by atoms with E-state index in [1.807, 2.05) is 0 Å². The summed E-state index contributed by atoms with van der Waals surface area (Å²) in [6.07, 6.45) is 3.44. The molecule has 3 rings (SSSR count). The molecule has 0 saturated carbocycles. The largest absolute Gasteiger partial charge is 4.00 e. The van der Waals surface area contributed by atoms with Crippen LogP contribution in [0.25, 0.3) is 10.8 Å². The Kier molecular flexibility index (Phi) is 11.5. The topological polar surface area (TPSA) is 0 Å². The first kappa shape index (κ1) is 27.4. The van der Waals surface area contributed by atoms with Crippen molar-refractivity contribution in [1.82, 2.24) is 0 Å². The Balaban J connectivity index is 0. The quantitative estimate of drug-likeness (QED) is 0.428. The van der Waals surface area contributed by atoms with Crippen LogP contribution in [0.15, 0.2) is 41.0 Å². The van der Waals surface area contributed by atoms with Crippen LogP contribution in [0.3, 0.4) is 0 Å². The molecule has 0 bridgehead atoms. The average molecular weight is 543 g/mol. The summed E-state index contributed by atoms with van der Waals surface area (Å²) >= 11 is 0. The molecule has 134 valence electrons. The predicted molar refractivity (Wildman–Crippen MR) is 98.3 cm³/mol. The van der Waals surface area contributed by atoms with Crippen molar-refractivity contribution in [2.75, 3.05) is 0 Å². The van der Waals surface area contributed by atoms with E-state index in [0.29, 0.717) is 0 Å². The molecule has 0 spiro atoms. The molecule has 0 atom stereocenters. The molecule has 3 heteroatoms. The molecular weight excluding hydrogens is 515 g/mol. The van der Waals surface area contributed by atoms with Gasteiger partial charge in [0.15, 0.2) is 0 Å². The van der Waals surface area contributed by atoms with Crippen LogP contribution in [0.5, 0.6) is 0 Å². The standard InChI is InChI=1S/C12H13.C10H15.2BrH.Zr/c1-8-4-10(3)12-7-9(2)6-11(12)5-8;1-7-6-10(4,5)9(3)8(7)2;;;/h4-7H,1-3H3;1-5H3;2*1H;/q2*-1;;;+4/p-2. The molecule has 25 heavy (non-hydrogen) atoms. The minimum absolute atomic E-state index is 0. The van der Waals surface area contributed by atoms with Gasteiger partial charge in [-0.1, -0.05) is 57.2 Å². The van der Waals surface area contributed by atoms with Crippen molar-refractivity contribution < 1.29 is 60.2 Å². The van der Waals surface area contributed by atoms with Crippen LogP contribution in [0.2, 0.25) is 0 Å². The van der Waals surface area contributed by atoms with Crippen LogP contribution in [-0.2, 0) is 26.2 Å². The van der Waals surface area contributed by atoms with Gasteiger partial charge in [0.25, 0.3) is 0 Å². The summed E-state index contributed by atoms with van der Waals surface area (Å²) in [5.74, 6) is 0. The summed E-state index contributed by atoms with van der Waals surface area (Å²) in [7, 11) is 0. The minimum atomic E-state index is 0.